The summed E-state index contributed by atoms with van der Waals surface area (Å²) in [6.45, 7) is 2.06. The number of ether oxygens (including phenoxy) is 3. The van der Waals surface area contributed by atoms with Crippen molar-refractivity contribution in [3.8, 4) is 11.5 Å². The van der Waals surface area contributed by atoms with E-state index in [1.807, 2.05) is 12.2 Å². The Labute approximate surface area is 172 Å². The standard InChI is InChI=1S/C21H21N3O6/c1-11-6-16(23-30-11)24-10-21-5-4-15(29-21)17(18(21)20(24)26)19(25)22-12-7-13(27-2)9-14(8-12)28-3/h4-9,15,17-18H,10H2,1-3H3,(H,22,25)/t15-,17+,18+,21-/m0/s1. The van der Waals surface area contributed by atoms with E-state index in [0.29, 0.717) is 35.3 Å². The number of aryl methyl sites for hydroxylation is 1. The van der Waals surface area contributed by atoms with Crippen LogP contribution < -0.4 is 19.7 Å². The summed E-state index contributed by atoms with van der Waals surface area (Å²) < 4.78 is 21.8. The molecular weight excluding hydrogens is 390 g/mol. The zero-order chi connectivity index (χ0) is 21.0. The third kappa shape index (κ3) is 2.69. The monoisotopic (exact) mass is 411 g/mol. The highest BCUT2D eigenvalue weighted by Gasteiger charge is 2.67. The van der Waals surface area contributed by atoms with Crippen molar-refractivity contribution >= 4 is 23.3 Å². The van der Waals surface area contributed by atoms with Crippen molar-refractivity contribution in [2.45, 2.75) is 18.6 Å². The Morgan fingerprint density at radius 3 is 2.60 bits per heavy atom. The van der Waals surface area contributed by atoms with Crippen LogP contribution in [0.3, 0.4) is 0 Å². The number of nitrogens with one attached hydrogen (secondary N) is 1. The first-order valence-corrected chi connectivity index (χ1v) is 9.60. The summed E-state index contributed by atoms with van der Waals surface area (Å²) in [5.41, 5.74) is -0.311. The molecule has 2 aromatic rings. The molecule has 5 rings (SSSR count). The Morgan fingerprint density at radius 1 is 1.23 bits per heavy atom. The summed E-state index contributed by atoms with van der Waals surface area (Å²) in [6.07, 6.45) is 3.30. The largest absolute Gasteiger partial charge is 0.497 e. The number of hydrogen-bond acceptors (Lipinski definition) is 7. The summed E-state index contributed by atoms with van der Waals surface area (Å²) in [5, 5.41) is 6.84. The van der Waals surface area contributed by atoms with Crippen molar-refractivity contribution in [3.63, 3.8) is 0 Å². The Hall–Kier alpha value is -3.33. The summed E-state index contributed by atoms with van der Waals surface area (Å²) in [5.74, 6) is 0.364. The molecular formula is C21H21N3O6. The molecule has 0 aliphatic carbocycles. The van der Waals surface area contributed by atoms with Crippen molar-refractivity contribution in [1.82, 2.24) is 5.16 Å². The van der Waals surface area contributed by atoms with Gasteiger partial charge in [0.1, 0.15) is 22.9 Å². The van der Waals surface area contributed by atoms with Gasteiger partial charge in [0.05, 0.1) is 38.7 Å². The average molecular weight is 411 g/mol. The van der Waals surface area contributed by atoms with Crippen LogP contribution >= 0.6 is 0 Å². The highest BCUT2D eigenvalue weighted by atomic mass is 16.5. The maximum absolute atomic E-state index is 13.3. The highest BCUT2D eigenvalue weighted by Crippen LogP contribution is 2.52. The summed E-state index contributed by atoms with van der Waals surface area (Å²) in [4.78, 5) is 28.0. The first kappa shape index (κ1) is 18.7. The molecule has 2 fully saturated rings. The third-order valence-corrected chi connectivity index (χ3v) is 5.91. The molecule has 9 heteroatoms. The Bertz CT molecular complexity index is 1040. The molecule has 156 valence electrons. The number of methoxy groups -OCH3 is 2. The van der Waals surface area contributed by atoms with Gasteiger partial charge < -0.3 is 24.1 Å². The minimum Gasteiger partial charge on any atom is -0.497 e. The van der Waals surface area contributed by atoms with Crippen LogP contribution in [0.15, 0.2) is 40.9 Å². The topological polar surface area (TPSA) is 103 Å². The predicted octanol–water partition coefficient (Wildman–Crippen LogP) is 1.93. The fraction of sp³-hybridized carbons (Fsp3) is 0.381. The van der Waals surface area contributed by atoms with Crippen LogP contribution in [0.2, 0.25) is 0 Å². The molecule has 4 heterocycles. The van der Waals surface area contributed by atoms with Crippen molar-refractivity contribution in [2.75, 3.05) is 31.0 Å². The van der Waals surface area contributed by atoms with Gasteiger partial charge >= 0.3 is 0 Å². The second-order valence-electron chi connectivity index (χ2n) is 7.71. The summed E-state index contributed by atoms with van der Waals surface area (Å²) in [7, 11) is 3.08. The zero-order valence-corrected chi connectivity index (χ0v) is 16.7. The zero-order valence-electron chi connectivity index (χ0n) is 16.7. The minimum absolute atomic E-state index is 0.196. The molecule has 1 spiro atoms. The van der Waals surface area contributed by atoms with E-state index in [-0.39, 0.29) is 11.8 Å². The summed E-state index contributed by atoms with van der Waals surface area (Å²) in [6, 6.07) is 6.80. The van der Waals surface area contributed by atoms with E-state index in [9.17, 15) is 9.59 Å². The summed E-state index contributed by atoms with van der Waals surface area (Å²) >= 11 is 0. The smallest absolute Gasteiger partial charge is 0.235 e. The van der Waals surface area contributed by atoms with Crippen LogP contribution in [-0.4, -0.2) is 49.4 Å². The normalized spacial score (nSPS) is 28.7. The van der Waals surface area contributed by atoms with Crippen LogP contribution in [0.25, 0.3) is 0 Å². The molecule has 9 nitrogen and oxygen atoms in total. The fourth-order valence-electron chi connectivity index (χ4n) is 4.58. The van der Waals surface area contributed by atoms with E-state index < -0.39 is 23.5 Å². The van der Waals surface area contributed by atoms with Gasteiger partial charge in [0, 0.05) is 30.0 Å². The number of aromatic nitrogens is 1. The van der Waals surface area contributed by atoms with E-state index >= 15 is 0 Å². The number of anilines is 2. The average Bonchev–Trinajstić information content (AvgIpc) is 3.48. The lowest BCUT2D eigenvalue weighted by atomic mass is 9.77. The molecule has 30 heavy (non-hydrogen) atoms. The van der Waals surface area contributed by atoms with Gasteiger partial charge in [-0.3, -0.25) is 14.5 Å². The van der Waals surface area contributed by atoms with Crippen molar-refractivity contribution in [1.29, 1.82) is 0 Å². The van der Waals surface area contributed by atoms with E-state index in [0.717, 1.165) is 0 Å². The molecule has 3 aliphatic rings. The number of fused-ring (bicyclic) bond motifs is 1. The number of carbonyl (C=O) groups is 2. The molecule has 2 amide bonds. The van der Waals surface area contributed by atoms with Gasteiger partial charge in [0.25, 0.3) is 0 Å². The second-order valence-corrected chi connectivity index (χ2v) is 7.71. The van der Waals surface area contributed by atoms with Crippen LogP contribution in [0.4, 0.5) is 11.5 Å². The van der Waals surface area contributed by atoms with Gasteiger partial charge in [-0.1, -0.05) is 17.3 Å². The van der Waals surface area contributed by atoms with E-state index in [1.165, 1.54) is 19.1 Å². The maximum atomic E-state index is 13.3. The number of benzene rings is 1. The third-order valence-electron chi connectivity index (χ3n) is 5.91. The van der Waals surface area contributed by atoms with Crippen molar-refractivity contribution in [2.24, 2.45) is 11.8 Å². The van der Waals surface area contributed by atoms with Crippen molar-refractivity contribution in [3.05, 3.63) is 42.2 Å². The maximum Gasteiger partial charge on any atom is 0.235 e. The molecule has 3 aliphatic heterocycles. The Morgan fingerprint density at radius 2 is 1.97 bits per heavy atom. The minimum atomic E-state index is -0.831. The number of rotatable bonds is 5. The molecule has 1 aromatic heterocycles. The molecule has 0 radical (unpaired) electrons. The number of carbonyl (C=O) groups excluding carboxylic acids is 2. The lowest BCUT2D eigenvalue weighted by molar-refractivity contribution is -0.128. The van der Waals surface area contributed by atoms with Gasteiger partial charge in [-0.25, -0.2) is 0 Å². The SMILES string of the molecule is COc1cc(NC(=O)[C@@H]2[C@@H]3C=C[C@@]4(CN(c5cc(C)on5)C(=O)[C@@H]24)O3)cc(OC)c1. The van der Waals surface area contributed by atoms with Gasteiger partial charge in [-0.05, 0) is 6.92 Å². The second kappa shape index (κ2) is 6.60. The van der Waals surface area contributed by atoms with Gasteiger partial charge in [0.2, 0.25) is 11.8 Å². The fourth-order valence-corrected chi connectivity index (χ4v) is 4.58. The lowest BCUT2D eigenvalue weighted by Gasteiger charge is -2.23. The highest BCUT2D eigenvalue weighted by molar-refractivity contribution is 6.05. The van der Waals surface area contributed by atoms with Crippen LogP contribution in [0.5, 0.6) is 11.5 Å². The van der Waals surface area contributed by atoms with Gasteiger partial charge in [-0.15, -0.1) is 0 Å². The first-order valence-electron chi connectivity index (χ1n) is 9.60. The van der Waals surface area contributed by atoms with Crippen molar-refractivity contribution < 1.29 is 28.3 Å². The van der Waals surface area contributed by atoms with Crippen LogP contribution in [0, 0.1) is 18.8 Å². The van der Waals surface area contributed by atoms with Crippen LogP contribution in [0.1, 0.15) is 5.76 Å². The number of amides is 2. The van der Waals surface area contributed by atoms with E-state index in [4.69, 9.17) is 18.7 Å². The molecule has 2 saturated heterocycles. The molecule has 0 saturated carbocycles. The molecule has 1 N–H and O–H groups in total. The van der Waals surface area contributed by atoms with E-state index in [2.05, 4.69) is 10.5 Å². The molecule has 0 unspecified atom stereocenters. The molecule has 1 aromatic carbocycles. The Kier molecular flexibility index (Phi) is 4.11. The molecule has 4 atom stereocenters. The Balaban J connectivity index is 1.42. The predicted molar refractivity (Wildman–Crippen MR) is 105 cm³/mol. The van der Waals surface area contributed by atoms with Gasteiger partial charge in [0.15, 0.2) is 5.82 Å². The number of hydrogen-bond donors (Lipinski definition) is 1. The van der Waals surface area contributed by atoms with E-state index in [1.54, 1.807) is 31.2 Å². The quantitative estimate of drug-likeness (QED) is 0.750. The van der Waals surface area contributed by atoms with Gasteiger partial charge in [-0.2, -0.15) is 0 Å². The lowest BCUT2D eigenvalue weighted by Crippen LogP contribution is -2.41. The first-order chi connectivity index (χ1) is 14.4. The number of nitrogens with zero attached hydrogens (tertiary/aromatic N) is 2. The molecule has 2 bridgehead atoms. The van der Waals surface area contributed by atoms with Crippen LogP contribution in [-0.2, 0) is 14.3 Å².